The van der Waals surface area contributed by atoms with Gasteiger partial charge in [-0.05, 0) is 18.2 Å². The molecule has 4 atom stereocenters. The van der Waals surface area contributed by atoms with E-state index in [9.17, 15) is 40.2 Å². The number of hydrogen-bond donors (Lipinski definition) is 1. The normalized spacial score (nSPS) is 28.5. The summed E-state index contributed by atoms with van der Waals surface area (Å²) >= 11 is 0. The Labute approximate surface area is 141 Å². The minimum absolute atomic E-state index is 0.410. The van der Waals surface area contributed by atoms with E-state index in [4.69, 9.17) is 5.26 Å². The molecule has 0 unspecified atom stereocenters. The molecule has 1 aliphatic carbocycles. The van der Waals surface area contributed by atoms with Crippen LogP contribution in [0.3, 0.4) is 0 Å². The predicted octanol–water partition coefficient (Wildman–Crippen LogP) is 3.57. The Kier molecular flexibility index (Phi) is 3.92. The van der Waals surface area contributed by atoms with E-state index >= 15 is 0 Å². The van der Waals surface area contributed by atoms with Gasteiger partial charge in [0.15, 0.2) is 6.10 Å². The van der Waals surface area contributed by atoms with Crippen LogP contribution < -0.4 is 4.90 Å². The molecule has 3 nitrogen and oxygen atoms in total. The van der Waals surface area contributed by atoms with E-state index < -0.39 is 65.6 Å². The van der Waals surface area contributed by atoms with Crippen molar-refractivity contribution in [3.8, 4) is 6.07 Å². The highest BCUT2D eigenvalue weighted by Gasteiger charge is 2.78. The van der Waals surface area contributed by atoms with Crippen molar-refractivity contribution in [3.63, 3.8) is 0 Å². The number of benzene rings is 1. The van der Waals surface area contributed by atoms with Crippen LogP contribution >= 0.6 is 0 Å². The fraction of sp³-hybridized carbons (Fsp3) is 0.533. The second-order valence-corrected chi connectivity index (χ2v) is 6.28. The Morgan fingerprint density at radius 1 is 1.19 bits per heavy atom. The Bertz CT molecular complexity index is 766. The molecule has 2 fully saturated rings. The van der Waals surface area contributed by atoms with Gasteiger partial charge in [0.25, 0.3) is 5.92 Å². The summed E-state index contributed by atoms with van der Waals surface area (Å²) in [7, 11) is 0. The first kappa shape index (κ1) is 18.7. The molecule has 0 radical (unpaired) electrons. The topological polar surface area (TPSA) is 47.3 Å². The second kappa shape index (κ2) is 5.45. The van der Waals surface area contributed by atoms with Crippen molar-refractivity contribution in [2.24, 2.45) is 11.8 Å². The van der Waals surface area contributed by atoms with Crippen molar-refractivity contribution in [1.29, 1.82) is 5.26 Å². The maximum atomic E-state index is 13.6. The fourth-order valence-corrected chi connectivity index (χ4v) is 3.53. The summed E-state index contributed by atoms with van der Waals surface area (Å²) in [6.07, 6.45) is -13.3. The number of aliphatic hydroxyl groups is 1. The van der Waals surface area contributed by atoms with Crippen molar-refractivity contribution in [1.82, 2.24) is 0 Å². The molecule has 0 aromatic heterocycles. The number of aliphatic hydroxyl groups excluding tert-OH is 1. The van der Waals surface area contributed by atoms with Gasteiger partial charge >= 0.3 is 12.4 Å². The van der Waals surface area contributed by atoms with Gasteiger partial charge in [-0.15, -0.1) is 0 Å². The van der Waals surface area contributed by atoms with E-state index in [0.29, 0.717) is 11.0 Å². The van der Waals surface area contributed by atoms with Crippen LogP contribution in [0.5, 0.6) is 0 Å². The molecule has 1 saturated heterocycles. The Balaban J connectivity index is 2.02. The summed E-state index contributed by atoms with van der Waals surface area (Å²) in [6, 6.07) is 1.37. The summed E-state index contributed by atoms with van der Waals surface area (Å²) in [5, 5.41) is 18.3. The van der Waals surface area contributed by atoms with Crippen molar-refractivity contribution in [2.45, 2.75) is 30.4 Å². The molecular weight excluding hydrogens is 376 g/mol. The maximum absolute atomic E-state index is 13.6. The van der Waals surface area contributed by atoms with Crippen LogP contribution in [0, 0.1) is 23.2 Å². The third kappa shape index (κ3) is 2.76. The highest BCUT2D eigenvalue weighted by molar-refractivity contribution is 5.58. The van der Waals surface area contributed by atoms with Crippen LogP contribution in [0.15, 0.2) is 18.2 Å². The number of rotatable bonds is 2. The fourth-order valence-electron chi connectivity index (χ4n) is 3.53. The minimum Gasteiger partial charge on any atom is -0.382 e. The van der Waals surface area contributed by atoms with Crippen LogP contribution in [0.2, 0.25) is 0 Å². The van der Waals surface area contributed by atoms with Crippen molar-refractivity contribution in [3.05, 3.63) is 29.3 Å². The van der Waals surface area contributed by atoms with Crippen molar-refractivity contribution < 1.29 is 40.2 Å². The van der Waals surface area contributed by atoms with E-state index in [1.54, 1.807) is 0 Å². The van der Waals surface area contributed by atoms with E-state index in [0.717, 1.165) is 12.1 Å². The summed E-state index contributed by atoms with van der Waals surface area (Å²) < 4.78 is 105. The minimum atomic E-state index is -5.21. The van der Waals surface area contributed by atoms with Crippen LogP contribution in [0.25, 0.3) is 0 Å². The van der Waals surface area contributed by atoms with Crippen LogP contribution in [0.4, 0.5) is 40.8 Å². The number of nitriles is 1. The summed E-state index contributed by atoms with van der Waals surface area (Å²) in [5.41, 5.74) is -2.54. The molecule has 26 heavy (non-hydrogen) atoms. The SMILES string of the molecule is N#Cc1ccc(N2C[C@@H]3[C@H]([C@@H]2[C@H](O)C(F)(F)F)C3(F)F)cc1C(F)(F)F. The molecule has 2 aliphatic rings. The monoisotopic (exact) mass is 386 g/mol. The number of hydrogen-bond acceptors (Lipinski definition) is 3. The van der Waals surface area contributed by atoms with Gasteiger partial charge in [0.05, 0.1) is 35.1 Å². The molecule has 1 N–H and O–H groups in total. The third-order valence-electron chi connectivity index (χ3n) is 4.80. The average molecular weight is 386 g/mol. The lowest BCUT2D eigenvalue weighted by Crippen LogP contribution is -2.51. The second-order valence-electron chi connectivity index (χ2n) is 6.28. The largest absolute Gasteiger partial charge is 0.417 e. The van der Waals surface area contributed by atoms with E-state index in [1.165, 1.54) is 6.07 Å². The number of halogens is 8. The summed E-state index contributed by atoms with van der Waals surface area (Å²) in [4.78, 5) is 0.710. The first-order chi connectivity index (χ1) is 11.8. The molecule has 0 spiro atoms. The zero-order chi connectivity index (χ0) is 19.7. The Morgan fingerprint density at radius 2 is 1.81 bits per heavy atom. The van der Waals surface area contributed by atoms with Crippen LogP contribution in [-0.4, -0.2) is 35.9 Å². The van der Waals surface area contributed by atoms with E-state index in [1.807, 2.05) is 0 Å². The molecular formula is C15H10F8N2O. The van der Waals surface area contributed by atoms with Gasteiger partial charge in [0.2, 0.25) is 0 Å². The zero-order valence-electron chi connectivity index (χ0n) is 12.6. The third-order valence-corrected chi connectivity index (χ3v) is 4.80. The number of alkyl halides is 8. The average Bonchev–Trinajstić information content (AvgIpc) is 2.89. The summed E-state index contributed by atoms with van der Waals surface area (Å²) in [6.45, 7) is -0.626. The van der Waals surface area contributed by atoms with E-state index in [-0.39, 0.29) is 0 Å². The predicted molar refractivity (Wildman–Crippen MR) is 71.3 cm³/mol. The molecule has 0 amide bonds. The quantitative estimate of drug-likeness (QED) is 0.791. The van der Waals surface area contributed by atoms with Crippen LogP contribution in [-0.2, 0) is 6.18 Å². The first-order valence-electron chi connectivity index (χ1n) is 7.30. The molecule has 1 saturated carbocycles. The molecule has 0 bridgehead atoms. The molecule has 1 aromatic carbocycles. The lowest BCUT2D eigenvalue weighted by Gasteiger charge is -2.35. The molecule has 1 aromatic rings. The standard InChI is InChI=1S/C15H10F8N2O/c16-13(17)9-5-25(11(10(9)13)12(26)15(21,22)23)7-2-1-6(4-24)8(3-7)14(18,19)20/h1-3,9-12,26H,5H2/t9-,10-,11-,12+/m1/s1. The highest BCUT2D eigenvalue weighted by Crippen LogP contribution is 2.64. The molecule has 1 heterocycles. The van der Waals surface area contributed by atoms with Gasteiger partial charge in [-0.3, -0.25) is 0 Å². The van der Waals surface area contributed by atoms with Crippen molar-refractivity contribution in [2.75, 3.05) is 11.4 Å². The number of fused-ring (bicyclic) bond motifs is 1. The Morgan fingerprint density at radius 3 is 2.31 bits per heavy atom. The number of piperidine rings is 1. The summed E-state index contributed by atoms with van der Waals surface area (Å²) in [5.74, 6) is -6.69. The van der Waals surface area contributed by atoms with Crippen LogP contribution in [0.1, 0.15) is 11.1 Å². The number of anilines is 1. The molecule has 142 valence electrons. The van der Waals surface area contributed by atoms with Crippen molar-refractivity contribution >= 4 is 5.69 Å². The van der Waals surface area contributed by atoms with Gasteiger partial charge in [-0.2, -0.15) is 31.6 Å². The Hall–Kier alpha value is -2.09. The van der Waals surface area contributed by atoms with Gasteiger partial charge in [-0.25, -0.2) is 8.78 Å². The van der Waals surface area contributed by atoms with Gasteiger partial charge in [-0.1, -0.05) is 0 Å². The molecule has 3 rings (SSSR count). The lowest BCUT2D eigenvalue weighted by atomic mass is 10.0. The van der Waals surface area contributed by atoms with Gasteiger partial charge in [0.1, 0.15) is 0 Å². The first-order valence-corrected chi connectivity index (χ1v) is 7.30. The van der Waals surface area contributed by atoms with E-state index in [2.05, 4.69) is 0 Å². The molecule has 11 heteroatoms. The maximum Gasteiger partial charge on any atom is 0.417 e. The smallest absolute Gasteiger partial charge is 0.382 e. The molecule has 1 aliphatic heterocycles. The zero-order valence-corrected chi connectivity index (χ0v) is 12.6. The van der Waals surface area contributed by atoms with Gasteiger partial charge < -0.3 is 10.0 Å². The highest BCUT2D eigenvalue weighted by atomic mass is 19.4. The lowest BCUT2D eigenvalue weighted by molar-refractivity contribution is -0.212. The number of nitrogens with zero attached hydrogens (tertiary/aromatic N) is 2. The van der Waals surface area contributed by atoms with Gasteiger partial charge in [0, 0.05) is 12.2 Å².